The van der Waals surface area contributed by atoms with Crippen molar-refractivity contribution in [3.8, 4) is 39.1 Å². The lowest BCUT2D eigenvalue weighted by molar-refractivity contribution is 1.18. The largest absolute Gasteiger partial charge is 0.309 e. The Labute approximate surface area is 284 Å². The Balaban J connectivity index is 1.24. The number of hydrogen-bond donors (Lipinski definition) is 0. The molecule has 1 heteroatoms. The second kappa shape index (κ2) is 11.1. The molecule has 0 radical (unpaired) electrons. The lowest BCUT2D eigenvalue weighted by Crippen LogP contribution is -1.95. The van der Waals surface area contributed by atoms with Crippen LogP contribution in [-0.4, -0.2) is 4.57 Å². The molecule has 10 aromatic rings. The first kappa shape index (κ1) is 27.7. The van der Waals surface area contributed by atoms with Crippen LogP contribution in [0.25, 0.3) is 93.2 Å². The van der Waals surface area contributed by atoms with Gasteiger partial charge in [-0.15, -0.1) is 0 Å². The van der Waals surface area contributed by atoms with Gasteiger partial charge in [0.05, 0.1) is 11.0 Å². The summed E-state index contributed by atoms with van der Waals surface area (Å²) >= 11 is 0. The van der Waals surface area contributed by atoms with Crippen molar-refractivity contribution in [3.63, 3.8) is 0 Å². The molecule has 0 saturated heterocycles. The zero-order chi connectivity index (χ0) is 32.3. The van der Waals surface area contributed by atoms with Crippen molar-refractivity contribution < 1.29 is 0 Å². The Hall–Kier alpha value is -6.44. The van der Waals surface area contributed by atoms with E-state index < -0.39 is 0 Å². The van der Waals surface area contributed by atoms with Gasteiger partial charge in [0.15, 0.2) is 0 Å². The second-order valence-electron chi connectivity index (χ2n) is 12.9. The van der Waals surface area contributed by atoms with Gasteiger partial charge < -0.3 is 4.57 Å². The maximum Gasteiger partial charge on any atom is 0.0541 e. The summed E-state index contributed by atoms with van der Waals surface area (Å²) < 4.78 is 2.39. The molecule has 9 aromatic carbocycles. The van der Waals surface area contributed by atoms with Gasteiger partial charge in [-0.3, -0.25) is 0 Å². The molecule has 0 spiro atoms. The normalized spacial score (nSPS) is 11.7. The maximum atomic E-state index is 2.40. The number of benzene rings is 9. The summed E-state index contributed by atoms with van der Waals surface area (Å²) in [7, 11) is 0. The van der Waals surface area contributed by atoms with Crippen molar-refractivity contribution in [1.29, 1.82) is 0 Å². The molecule has 0 aliphatic heterocycles. The molecule has 228 valence electrons. The van der Waals surface area contributed by atoms with Gasteiger partial charge in [0.2, 0.25) is 0 Å². The molecule has 0 unspecified atom stereocenters. The van der Waals surface area contributed by atoms with Crippen LogP contribution >= 0.6 is 0 Å². The highest BCUT2D eigenvalue weighted by atomic mass is 15.0. The van der Waals surface area contributed by atoms with E-state index in [0.29, 0.717) is 0 Å². The minimum absolute atomic E-state index is 1.16. The average Bonchev–Trinajstić information content (AvgIpc) is 3.51. The summed E-state index contributed by atoms with van der Waals surface area (Å²) in [5.41, 5.74) is 11.0. The van der Waals surface area contributed by atoms with Crippen LogP contribution in [0.15, 0.2) is 188 Å². The fourth-order valence-corrected chi connectivity index (χ4v) is 7.93. The molecule has 0 N–H and O–H groups in total. The maximum absolute atomic E-state index is 2.40. The number of aromatic nitrogens is 1. The molecule has 1 aromatic heterocycles. The highest BCUT2D eigenvalue weighted by Gasteiger charge is 2.18. The number of hydrogen-bond acceptors (Lipinski definition) is 0. The lowest BCUT2D eigenvalue weighted by atomic mass is 9.84. The molecule has 0 bridgehead atoms. The Morgan fingerprint density at radius 2 is 0.776 bits per heavy atom. The van der Waals surface area contributed by atoms with Crippen LogP contribution < -0.4 is 0 Å². The fraction of sp³-hybridized carbons (Fsp3) is 0. The molecule has 0 saturated carbocycles. The number of para-hydroxylation sites is 2. The summed E-state index contributed by atoms with van der Waals surface area (Å²) in [6, 6.07) is 68.8. The van der Waals surface area contributed by atoms with Crippen LogP contribution in [0.4, 0.5) is 0 Å². The molecule has 0 aliphatic carbocycles. The third-order valence-corrected chi connectivity index (χ3v) is 10.2. The fourth-order valence-electron chi connectivity index (χ4n) is 7.93. The summed E-state index contributed by atoms with van der Waals surface area (Å²) in [4.78, 5) is 0. The molecular weight excluding hydrogens is 591 g/mol. The highest BCUT2D eigenvalue weighted by Crippen LogP contribution is 2.45. The average molecular weight is 622 g/mol. The van der Waals surface area contributed by atoms with Crippen LogP contribution in [0.5, 0.6) is 0 Å². The molecule has 0 aliphatic rings. The smallest absolute Gasteiger partial charge is 0.0541 e. The van der Waals surface area contributed by atoms with Crippen molar-refractivity contribution in [1.82, 2.24) is 4.57 Å². The number of nitrogens with zero attached hydrogens (tertiary/aromatic N) is 1. The van der Waals surface area contributed by atoms with Gasteiger partial charge in [-0.05, 0) is 102 Å². The summed E-state index contributed by atoms with van der Waals surface area (Å²) in [5.74, 6) is 0. The van der Waals surface area contributed by atoms with E-state index in [2.05, 4.69) is 193 Å². The van der Waals surface area contributed by atoms with E-state index in [1.165, 1.54) is 87.5 Å². The Bertz CT molecular complexity index is 2800. The summed E-state index contributed by atoms with van der Waals surface area (Å²) in [6.45, 7) is 0. The standard InChI is InChI=1S/C48H31N/c1-2-12-32(13-3-1)36-26-29-43-44(31-36)47(41-18-6-7-19-42(41)48(43)37-23-22-33-14-4-5-15-35(33)30-37)34-24-27-38(28-25-34)49-45-20-10-8-16-39(45)40-17-9-11-21-46(40)49/h1-31H. The number of fused-ring (bicyclic) bond motifs is 6. The lowest BCUT2D eigenvalue weighted by Gasteiger charge is -2.19. The van der Waals surface area contributed by atoms with E-state index in [1.54, 1.807) is 0 Å². The minimum Gasteiger partial charge on any atom is -0.309 e. The monoisotopic (exact) mass is 621 g/mol. The van der Waals surface area contributed by atoms with E-state index in [9.17, 15) is 0 Å². The first-order valence-electron chi connectivity index (χ1n) is 16.9. The first-order valence-corrected chi connectivity index (χ1v) is 16.9. The quantitative estimate of drug-likeness (QED) is 0.172. The van der Waals surface area contributed by atoms with Crippen LogP contribution in [0, 0.1) is 0 Å². The van der Waals surface area contributed by atoms with Crippen molar-refractivity contribution >= 4 is 54.1 Å². The van der Waals surface area contributed by atoms with Gasteiger partial charge in [0.1, 0.15) is 0 Å². The van der Waals surface area contributed by atoms with Gasteiger partial charge in [0.25, 0.3) is 0 Å². The molecule has 0 atom stereocenters. The van der Waals surface area contributed by atoms with Crippen LogP contribution in [0.3, 0.4) is 0 Å². The van der Waals surface area contributed by atoms with Crippen LogP contribution in [0.1, 0.15) is 0 Å². The summed E-state index contributed by atoms with van der Waals surface area (Å²) in [6.07, 6.45) is 0. The molecule has 0 amide bonds. The van der Waals surface area contributed by atoms with Crippen molar-refractivity contribution in [3.05, 3.63) is 188 Å². The van der Waals surface area contributed by atoms with Crippen molar-refractivity contribution in [2.45, 2.75) is 0 Å². The van der Waals surface area contributed by atoms with E-state index in [4.69, 9.17) is 0 Å². The molecule has 49 heavy (non-hydrogen) atoms. The topological polar surface area (TPSA) is 4.93 Å². The Morgan fingerprint density at radius 3 is 1.47 bits per heavy atom. The van der Waals surface area contributed by atoms with E-state index in [1.807, 2.05) is 0 Å². The predicted octanol–water partition coefficient (Wildman–Crippen LogP) is 13.2. The zero-order valence-electron chi connectivity index (χ0n) is 26.8. The van der Waals surface area contributed by atoms with Gasteiger partial charge in [-0.1, -0.05) is 152 Å². The molecule has 10 rings (SSSR count). The SMILES string of the molecule is c1ccc(-c2ccc3c(-c4ccc5ccccc5c4)c4ccccc4c(-c4ccc(-n5c6ccccc6c6ccccc65)cc4)c3c2)cc1. The number of rotatable bonds is 4. The van der Waals surface area contributed by atoms with Gasteiger partial charge in [-0.2, -0.15) is 0 Å². The minimum atomic E-state index is 1.16. The highest BCUT2D eigenvalue weighted by molar-refractivity contribution is 6.22. The van der Waals surface area contributed by atoms with Crippen molar-refractivity contribution in [2.24, 2.45) is 0 Å². The van der Waals surface area contributed by atoms with Gasteiger partial charge >= 0.3 is 0 Å². The third kappa shape index (κ3) is 4.40. The van der Waals surface area contributed by atoms with E-state index in [-0.39, 0.29) is 0 Å². The van der Waals surface area contributed by atoms with Gasteiger partial charge in [-0.25, -0.2) is 0 Å². The summed E-state index contributed by atoms with van der Waals surface area (Å²) in [5, 5.41) is 10.1. The Morgan fingerprint density at radius 1 is 0.265 bits per heavy atom. The molecular formula is C48H31N. The molecule has 1 heterocycles. The first-order chi connectivity index (χ1) is 24.3. The van der Waals surface area contributed by atoms with Crippen molar-refractivity contribution in [2.75, 3.05) is 0 Å². The second-order valence-corrected chi connectivity index (χ2v) is 12.9. The van der Waals surface area contributed by atoms with E-state index >= 15 is 0 Å². The predicted molar refractivity (Wildman–Crippen MR) is 210 cm³/mol. The van der Waals surface area contributed by atoms with Crippen LogP contribution in [-0.2, 0) is 0 Å². The van der Waals surface area contributed by atoms with Crippen LogP contribution in [0.2, 0.25) is 0 Å². The molecule has 1 nitrogen and oxygen atoms in total. The van der Waals surface area contributed by atoms with E-state index in [0.717, 1.165) is 5.69 Å². The zero-order valence-corrected chi connectivity index (χ0v) is 26.8. The Kier molecular flexibility index (Phi) is 6.25. The third-order valence-electron chi connectivity index (χ3n) is 10.2. The molecule has 0 fully saturated rings. The van der Waals surface area contributed by atoms with Gasteiger partial charge in [0, 0.05) is 16.5 Å².